The Bertz CT molecular complexity index is 2430. The average Bonchev–Trinajstić information content (AvgIpc) is 1.62. The minimum absolute atomic E-state index is 0.0871. The summed E-state index contributed by atoms with van der Waals surface area (Å²) in [6, 6.07) is 14.2. The van der Waals surface area contributed by atoms with E-state index in [-0.39, 0.29) is 11.8 Å². The summed E-state index contributed by atoms with van der Waals surface area (Å²) in [5.74, 6) is 0.943. The van der Waals surface area contributed by atoms with Crippen LogP contribution in [0.3, 0.4) is 0 Å². The number of carbonyl (C=O) groups is 2. The topological polar surface area (TPSA) is 40.6 Å². The molecule has 0 fully saturated rings. The van der Waals surface area contributed by atoms with Crippen LogP contribution in [-0.4, -0.2) is 34.7 Å². The highest BCUT2D eigenvalue weighted by molar-refractivity contribution is 7.23. The largest absolute Gasteiger partial charge is 0.306 e. The van der Waals surface area contributed by atoms with Crippen LogP contribution in [0.5, 0.6) is 0 Å². The second kappa shape index (κ2) is 43.9. The Labute approximate surface area is 557 Å². The number of aryl methyl sites for hydroxylation is 4. The van der Waals surface area contributed by atoms with E-state index in [1.165, 1.54) is 297 Å². The minimum atomic E-state index is 0.0871. The Hall–Kier alpha value is -2.78. The first-order valence-electron chi connectivity index (χ1n) is 37.7. The lowest BCUT2D eigenvalue weighted by atomic mass is 9.93. The molecule has 2 amide bonds. The van der Waals surface area contributed by atoms with Gasteiger partial charge in [0.2, 0.25) is 0 Å². The molecule has 8 heteroatoms. The molecule has 0 N–H and O–H groups in total. The molecule has 4 nitrogen and oxygen atoms in total. The number of amides is 2. The van der Waals surface area contributed by atoms with Crippen LogP contribution in [0.1, 0.15) is 355 Å². The molecule has 2 unspecified atom stereocenters. The van der Waals surface area contributed by atoms with Crippen LogP contribution in [0.4, 0.5) is 0 Å². The van der Waals surface area contributed by atoms with Gasteiger partial charge in [-0.05, 0) is 125 Å². The normalized spacial score (nSPS) is 14.3. The number of fused-ring (bicyclic) bond motifs is 1. The number of carbonyl (C=O) groups excluding carboxylic acids is 2. The first kappa shape index (κ1) is 74.3. The van der Waals surface area contributed by atoms with E-state index >= 15 is 9.59 Å². The summed E-state index contributed by atoms with van der Waals surface area (Å²) in [6.07, 6.45) is 58.2. The molecule has 2 aliphatic rings. The molecule has 4 aromatic rings. The third kappa shape index (κ3) is 24.6. The van der Waals surface area contributed by atoms with E-state index in [9.17, 15) is 0 Å². The van der Waals surface area contributed by atoms with Crippen LogP contribution in [-0.2, 0) is 22.4 Å². The van der Waals surface area contributed by atoms with Crippen molar-refractivity contribution in [1.82, 2.24) is 9.80 Å². The van der Waals surface area contributed by atoms with Gasteiger partial charge in [0.25, 0.3) is 11.8 Å². The Morgan fingerprint density at radius 2 is 0.580 bits per heavy atom. The van der Waals surface area contributed by atoms with Crippen molar-refractivity contribution in [2.24, 2.45) is 11.8 Å². The quantitative estimate of drug-likeness (QED) is 0.0413. The number of thiophene rings is 4. The van der Waals surface area contributed by atoms with Gasteiger partial charge >= 0.3 is 0 Å². The lowest BCUT2D eigenvalue weighted by Gasteiger charge is -2.29. The van der Waals surface area contributed by atoms with Crippen molar-refractivity contribution >= 4 is 68.6 Å². The van der Waals surface area contributed by atoms with E-state index in [0.717, 1.165) is 59.7 Å². The number of hydrogen-bond donors (Lipinski definition) is 0. The molecule has 0 aromatic carbocycles. The third-order valence-corrected chi connectivity index (χ3v) is 24.3. The van der Waals surface area contributed by atoms with Gasteiger partial charge in [-0.1, -0.05) is 286 Å². The van der Waals surface area contributed by atoms with E-state index < -0.39 is 0 Å². The SMILES string of the molecule is CCCCCCCCCCCCc1cc(C2=C3C(=O)N(CC(CCCCCC)CCCCCCCC)C(c4cc(CCCCCCCCCCCC)c(-c5ccc(C)s5)s4)=C3C(=O)N2CC(CCCCCC)CCCCCCCC)sc1-c1ccc(C)s1. The molecular formula is C80H128N2O2S4. The van der Waals surface area contributed by atoms with Gasteiger partial charge in [0.05, 0.1) is 32.3 Å². The molecule has 0 saturated carbocycles. The fourth-order valence-electron chi connectivity index (χ4n) is 14.2. The van der Waals surface area contributed by atoms with Gasteiger partial charge in [0.15, 0.2) is 0 Å². The predicted molar refractivity (Wildman–Crippen MR) is 394 cm³/mol. The molecule has 2 aliphatic heterocycles. The number of hydrogen-bond acceptors (Lipinski definition) is 6. The molecule has 0 spiro atoms. The van der Waals surface area contributed by atoms with Crippen LogP contribution < -0.4 is 0 Å². The molecule has 0 radical (unpaired) electrons. The van der Waals surface area contributed by atoms with E-state index in [1.807, 2.05) is 45.3 Å². The maximum absolute atomic E-state index is 16.6. The van der Waals surface area contributed by atoms with Gasteiger partial charge in [-0.15, -0.1) is 45.3 Å². The molecular weight excluding hydrogens is 1150 g/mol. The van der Waals surface area contributed by atoms with Gasteiger partial charge in [-0.2, -0.15) is 0 Å². The number of rotatable bonds is 54. The highest BCUT2D eigenvalue weighted by Gasteiger charge is 2.50. The summed E-state index contributed by atoms with van der Waals surface area (Å²) in [5.41, 5.74) is 6.11. The second-order valence-electron chi connectivity index (χ2n) is 27.4. The highest BCUT2D eigenvalue weighted by atomic mass is 32.1. The smallest absolute Gasteiger partial charge is 0.261 e. The maximum atomic E-state index is 16.6. The third-order valence-electron chi connectivity index (χ3n) is 19.5. The zero-order chi connectivity index (χ0) is 62.6. The molecule has 6 rings (SSSR count). The highest BCUT2D eigenvalue weighted by Crippen LogP contribution is 2.53. The minimum Gasteiger partial charge on any atom is -0.306 e. The molecule has 4 aromatic heterocycles. The molecule has 0 saturated heterocycles. The second-order valence-corrected chi connectivity index (χ2v) is 32.1. The van der Waals surface area contributed by atoms with Crippen LogP contribution >= 0.6 is 45.3 Å². The Kier molecular flexibility index (Phi) is 37.1. The molecule has 6 heterocycles. The summed E-state index contributed by atoms with van der Waals surface area (Å²) in [6.45, 7) is 19.7. The van der Waals surface area contributed by atoms with Crippen LogP contribution in [0.25, 0.3) is 30.9 Å². The van der Waals surface area contributed by atoms with Crippen LogP contribution in [0.15, 0.2) is 47.5 Å². The van der Waals surface area contributed by atoms with Crippen molar-refractivity contribution in [1.29, 1.82) is 0 Å². The lowest BCUT2D eigenvalue weighted by Crippen LogP contribution is -2.34. The first-order valence-corrected chi connectivity index (χ1v) is 41.0. The van der Waals surface area contributed by atoms with Gasteiger partial charge in [-0.25, -0.2) is 0 Å². The Morgan fingerprint density at radius 3 is 0.852 bits per heavy atom. The van der Waals surface area contributed by atoms with E-state index in [1.54, 1.807) is 0 Å². The summed E-state index contributed by atoms with van der Waals surface area (Å²) < 4.78 is 0. The molecule has 494 valence electrons. The average molecular weight is 1280 g/mol. The van der Waals surface area contributed by atoms with E-state index in [4.69, 9.17) is 0 Å². The van der Waals surface area contributed by atoms with Gasteiger partial charge in [-0.3, -0.25) is 9.59 Å². The number of nitrogens with zero attached hydrogens (tertiary/aromatic N) is 2. The monoisotopic (exact) mass is 1280 g/mol. The van der Waals surface area contributed by atoms with Crippen molar-refractivity contribution in [3.8, 4) is 19.5 Å². The first-order chi connectivity index (χ1) is 43.2. The van der Waals surface area contributed by atoms with E-state index in [0.29, 0.717) is 36.1 Å². The van der Waals surface area contributed by atoms with Gasteiger partial charge in [0, 0.05) is 42.4 Å². The molecule has 88 heavy (non-hydrogen) atoms. The van der Waals surface area contributed by atoms with Crippen molar-refractivity contribution in [3.05, 3.63) is 78.2 Å². The zero-order valence-electron chi connectivity index (χ0n) is 57.9. The van der Waals surface area contributed by atoms with Crippen molar-refractivity contribution < 1.29 is 9.59 Å². The zero-order valence-corrected chi connectivity index (χ0v) is 61.2. The van der Waals surface area contributed by atoms with Gasteiger partial charge in [0.1, 0.15) is 0 Å². The van der Waals surface area contributed by atoms with Crippen LogP contribution in [0.2, 0.25) is 0 Å². The fraction of sp³-hybridized carbons (Fsp3) is 0.725. The molecule has 0 aliphatic carbocycles. The van der Waals surface area contributed by atoms with Crippen molar-refractivity contribution in [2.45, 2.75) is 351 Å². The summed E-state index contributed by atoms with van der Waals surface area (Å²) in [4.78, 5) is 47.9. The van der Waals surface area contributed by atoms with E-state index in [2.05, 4.69) is 102 Å². The molecule has 2 atom stereocenters. The summed E-state index contributed by atoms with van der Waals surface area (Å²) in [5, 5.41) is 0. The number of unbranched alkanes of at least 4 members (excludes halogenated alkanes) is 34. The summed E-state index contributed by atoms with van der Waals surface area (Å²) >= 11 is 7.58. The van der Waals surface area contributed by atoms with Crippen molar-refractivity contribution in [3.63, 3.8) is 0 Å². The predicted octanol–water partition coefficient (Wildman–Crippen LogP) is 27.3. The Morgan fingerprint density at radius 1 is 0.318 bits per heavy atom. The van der Waals surface area contributed by atoms with Crippen LogP contribution in [0, 0.1) is 25.7 Å². The lowest BCUT2D eigenvalue weighted by molar-refractivity contribution is -0.124. The van der Waals surface area contributed by atoms with Gasteiger partial charge < -0.3 is 9.80 Å². The van der Waals surface area contributed by atoms with Crippen molar-refractivity contribution in [2.75, 3.05) is 13.1 Å². The standard InChI is InChI=1S/C80H128N2O2S4/c1-9-15-21-27-31-33-35-37-41-47-53-67-59-71(87-77(67)69-57-55-63(7)85-69)75-73-74(80(84)81(75)61-65(49-43-25-19-13-5)51-45-39-29-23-17-11-3)76(82(79(73)83)62-66(50-44-26-20-14-6)52-46-40-30-24-18-12-4)72-60-68(78(88-72)70-58-56-64(8)86-70)54-48-42-38-36-34-32-28-22-16-10-2/h55-60,65-66H,9-54,61-62H2,1-8H3. The fourth-order valence-corrected chi connectivity index (χ4v) is 18.7. The maximum Gasteiger partial charge on any atom is 0.261 e. The molecule has 0 bridgehead atoms. The Balaban J connectivity index is 1.48. The summed E-state index contributed by atoms with van der Waals surface area (Å²) in [7, 11) is 0.